The lowest BCUT2D eigenvalue weighted by Gasteiger charge is -2.19. The number of hydrogen-bond acceptors (Lipinski definition) is 4. The summed E-state index contributed by atoms with van der Waals surface area (Å²) in [5.41, 5.74) is 1.86. The van der Waals surface area contributed by atoms with Crippen molar-refractivity contribution in [3.05, 3.63) is 23.3 Å². The molecule has 18 heavy (non-hydrogen) atoms. The number of rotatable bonds is 4. The Labute approximate surface area is 107 Å². The van der Waals surface area contributed by atoms with Crippen LogP contribution in [0.3, 0.4) is 0 Å². The van der Waals surface area contributed by atoms with Crippen LogP contribution in [0.25, 0.3) is 0 Å². The van der Waals surface area contributed by atoms with Crippen molar-refractivity contribution in [1.82, 2.24) is 14.9 Å². The van der Waals surface area contributed by atoms with Crippen LogP contribution in [0.2, 0.25) is 0 Å². The summed E-state index contributed by atoms with van der Waals surface area (Å²) in [5, 5.41) is 8.72. The van der Waals surface area contributed by atoms with Crippen molar-refractivity contribution in [1.29, 1.82) is 0 Å². The summed E-state index contributed by atoms with van der Waals surface area (Å²) in [6.45, 7) is 2.96. The number of carboxylic acid groups (broad SMARTS) is 1. The zero-order valence-electron chi connectivity index (χ0n) is 10.9. The summed E-state index contributed by atoms with van der Waals surface area (Å²) in [4.78, 5) is 21.7. The summed E-state index contributed by atoms with van der Waals surface area (Å²) >= 11 is 0. The van der Waals surface area contributed by atoms with Crippen LogP contribution in [0.1, 0.15) is 42.5 Å². The minimum atomic E-state index is -0.786. The molecule has 1 N–H and O–H groups in total. The van der Waals surface area contributed by atoms with Gasteiger partial charge in [0, 0.05) is 12.1 Å². The Morgan fingerprint density at radius 1 is 1.56 bits per heavy atom. The molecule has 0 aliphatic carbocycles. The van der Waals surface area contributed by atoms with Crippen molar-refractivity contribution < 1.29 is 9.90 Å². The molecule has 1 aromatic rings. The standard InChI is InChI=1S/C13H19N3O2/c1-9-14-10(5-6-13(17)18)8-11(15-9)12-4-3-7-16(12)2/h8,12H,3-7H2,1-2H3,(H,17,18)/t12-/m1/s1. The third kappa shape index (κ3) is 3.04. The fourth-order valence-corrected chi connectivity index (χ4v) is 2.47. The van der Waals surface area contributed by atoms with Gasteiger partial charge in [-0.05, 0) is 39.4 Å². The van der Waals surface area contributed by atoms with Gasteiger partial charge in [0.25, 0.3) is 0 Å². The second-order valence-electron chi connectivity index (χ2n) is 4.86. The average Bonchev–Trinajstić information content (AvgIpc) is 2.72. The van der Waals surface area contributed by atoms with Gasteiger partial charge in [-0.3, -0.25) is 9.69 Å². The first-order valence-corrected chi connectivity index (χ1v) is 6.33. The van der Waals surface area contributed by atoms with Crippen LogP contribution in [-0.4, -0.2) is 39.5 Å². The van der Waals surface area contributed by atoms with E-state index in [1.807, 2.05) is 13.0 Å². The molecule has 5 nitrogen and oxygen atoms in total. The minimum absolute atomic E-state index is 0.121. The van der Waals surface area contributed by atoms with Crippen LogP contribution in [0, 0.1) is 6.92 Å². The predicted octanol–water partition coefficient (Wildman–Crippen LogP) is 1.57. The predicted molar refractivity (Wildman–Crippen MR) is 67.3 cm³/mol. The molecule has 5 heteroatoms. The SMILES string of the molecule is Cc1nc(CCC(=O)O)cc([C@H]2CCCN2C)n1. The largest absolute Gasteiger partial charge is 0.481 e. The van der Waals surface area contributed by atoms with E-state index in [2.05, 4.69) is 21.9 Å². The van der Waals surface area contributed by atoms with Gasteiger partial charge in [0.1, 0.15) is 5.82 Å². The summed E-state index contributed by atoms with van der Waals surface area (Å²) in [7, 11) is 2.10. The normalized spacial score (nSPS) is 20.2. The molecule has 1 saturated heterocycles. The molecule has 98 valence electrons. The molecule has 0 radical (unpaired) electrons. The zero-order chi connectivity index (χ0) is 13.1. The van der Waals surface area contributed by atoms with E-state index >= 15 is 0 Å². The van der Waals surface area contributed by atoms with Crippen LogP contribution in [-0.2, 0) is 11.2 Å². The summed E-state index contributed by atoms with van der Waals surface area (Å²) in [6, 6.07) is 2.32. The fraction of sp³-hybridized carbons (Fsp3) is 0.615. The zero-order valence-corrected chi connectivity index (χ0v) is 10.9. The van der Waals surface area contributed by atoms with Crippen molar-refractivity contribution in [2.24, 2.45) is 0 Å². The number of nitrogens with zero attached hydrogens (tertiary/aromatic N) is 3. The van der Waals surface area contributed by atoms with E-state index in [9.17, 15) is 4.79 Å². The third-order valence-electron chi connectivity index (χ3n) is 3.37. The highest BCUT2D eigenvalue weighted by Gasteiger charge is 2.24. The van der Waals surface area contributed by atoms with Crippen molar-refractivity contribution in [3.63, 3.8) is 0 Å². The molecule has 0 unspecified atom stereocenters. The van der Waals surface area contributed by atoms with Gasteiger partial charge in [-0.25, -0.2) is 9.97 Å². The van der Waals surface area contributed by atoms with E-state index in [0.29, 0.717) is 12.5 Å². The maximum Gasteiger partial charge on any atom is 0.303 e. The maximum atomic E-state index is 10.6. The van der Waals surface area contributed by atoms with Gasteiger partial charge >= 0.3 is 5.97 Å². The Morgan fingerprint density at radius 3 is 2.94 bits per heavy atom. The first kappa shape index (κ1) is 13.0. The summed E-state index contributed by atoms with van der Waals surface area (Å²) < 4.78 is 0. The Kier molecular flexibility index (Phi) is 3.91. The number of aliphatic carboxylic acids is 1. The number of likely N-dealkylation sites (tertiary alicyclic amines) is 1. The Balaban J connectivity index is 2.18. The second-order valence-corrected chi connectivity index (χ2v) is 4.86. The highest BCUT2D eigenvalue weighted by atomic mass is 16.4. The lowest BCUT2D eigenvalue weighted by Crippen LogP contribution is -2.19. The van der Waals surface area contributed by atoms with E-state index in [0.717, 1.165) is 30.2 Å². The van der Waals surface area contributed by atoms with Gasteiger partial charge < -0.3 is 5.11 Å². The molecule has 0 saturated carbocycles. The van der Waals surface area contributed by atoms with Gasteiger partial charge in [0.2, 0.25) is 0 Å². The van der Waals surface area contributed by atoms with Gasteiger partial charge in [-0.15, -0.1) is 0 Å². The highest BCUT2D eigenvalue weighted by Crippen LogP contribution is 2.29. The van der Waals surface area contributed by atoms with Crippen LogP contribution >= 0.6 is 0 Å². The monoisotopic (exact) mass is 249 g/mol. The molecular formula is C13H19N3O2. The Hall–Kier alpha value is -1.49. The Morgan fingerprint density at radius 2 is 2.33 bits per heavy atom. The number of hydrogen-bond donors (Lipinski definition) is 1. The lowest BCUT2D eigenvalue weighted by atomic mass is 10.1. The topological polar surface area (TPSA) is 66.3 Å². The maximum absolute atomic E-state index is 10.6. The van der Waals surface area contributed by atoms with Crippen LogP contribution < -0.4 is 0 Å². The van der Waals surface area contributed by atoms with Crippen LogP contribution in [0.5, 0.6) is 0 Å². The van der Waals surface area contributed by atoms with Crippen LogP contribution in [0.15, 0.2) is 6.07 Å². The molecule has 1 aromatic heterocycles. The number of carboxylic acids is 1. The molecule has 2 rings (SSSR count). The van der Waals surface area contributed by atoms with Gasteiger partial charge in [0.15, 0.2) is 0 Å². The van der Waals surface area contributed by atoms with Crippen LogP contribution in [0.4, 0.5) is 0 Å². The minimum Gasteiger partial charge on any atom is -0.481 e. The Bertz CT molecular complexity index is 448. The van der Waals surface area contributed by atoms with Gasteiger partial charge in [-0.1, -0.05) is 0 Å². The lowest BCUT2D eigenvalue weighted by molar-refractivity contribution is -0.136. The van der Waals surface area contributed by atoms with E-state index in [-0.39, 0.29) is 6.42 Å². The van der Waals surface area contributed by atoms with Gasteiger partial charge in [-0.2, -0.15) is 0 Å². The first-order valence-electron chi connectivity index (χ1n) is 6.33. The molecule has 1 aliphatic heterocycles. The van der Waals surface area contributed by atoms with Crippen molar-refractivity contribution in [3.8, 4) is 0 Å². The molecule has 0 spiro atoms. The molecule has 0 aromatic carbocycles. The molecule has 0 bridgehead atoms. The van der Waals surface area contributed by atoms with E-state index < -0.39 is 5.97 Å². The number of aromatic nitrogens is 2. The highest BCUT2D eigenvalue weighted by molar-refractivity contribution is 5.66. The van der Waals surface area contributed by atoms with E-state index in [1.165, 1.54) is 6.42 Å². The smallest absolute Gasteiger partial charge is 0.303 e. The molecule has 1 atom stereocenters. The molecular weight excluding hydrogens is 230 g/mol. The van der Waals surface area contributed by atoms with Crippen molar-refractivity contribution >= 4 is 5.97 Å². The average molecular weight is 249 g/mol. The van der Waals surface area contributed by atoms with E-state index in [1.54, 1.807) is 0 Å². The number of carbonyl (C=O) groups is 1. The molecule has 1 aliphatic rings. The van der Waals surface area contributed by atoms with Crippen molar-refractivity contribution in [2.45, 2.75) is 38.6 Å². The van der Waals surface area contributed by atoms with E-state index in [4.69, 9.17) is 5.11 Å². The second kappa shape index (κ2) is 5.44. The third-order valence-corrected chi connectivity index (χ3v) is 3.37. The number of aryl methyl sites for hydroxylation is 2. The fourth-order valence-electron chi connectivity index (χ4n) is 2.47. The molecule has 2 heterocycles. The molecule has 1 fully saturated rings. The quantitative estimate of drug-likeness (QED) is 0.877. The van der Waals surface area contributed by atoms with Crippen molar-refractivity contribution in [2.75, 3.05) is 13.6 Å². The first-order chi connectivity index (χ1) is 8.56. The summed E-state index contributed by atoms with van der Waals surface area (Å²) in [5.74, 6) is -0.0565. The summed E-state index contributed by atoms with van der Waals surface area (Å²) in [6.07, 6.45) is 2.90. The van der Waals surface area contributed by atoms with Gasteiger partial charge in [0.05, 0.1) is 18.2 Å². The molecule has 0 amide bonds.